The third-order valence-corrected chi connectivity index (χ3v) is 3.99. The van der Waals surface area contributed by atoms with Crippen molar-refractivity contribution < 1.29 is 9.53 Å². The molecule has 0 amide bonds. The van der Waals surface area contributed by atoms with E-state index in [4.69, 9.17) is 4.74 Å². The van der Waals surface area contributed by atoms with Crippen LogP contribution in [0.2, 0.25) is 0 Å². The first kappa shape index (κ1) is 13.7. The number of hydrogen-bond acceptors (Lipinski definition) is 5. The maximum atomic E-state index is 12.0. The lowest BCUT2D eigenvalue weighted by Gasteiger charge is -2.04. The summed E-state index contributed by atoms with van der Waals surface area (Å²) in [5, 5.41) is 9.24. The Bertz CT molecular complexity index is 641. The number of hydrogen-bond donors (Lipinski definition) is 1. The molecule has 0 aliphatic heterocycles. The number of thiol groups is 1. The minimum Gasteiger partial charge on any atom is -0.462 e. The topological polar surface area (TPSA) is 50.1 Å². The number of carbonyl (C=O) groups excluding carboxylic acids is 1. The standard InChI is InChI=1S/C14H11NO2S2/c1-2-17-13(16)12-11(9-6-4-3-5-7-9)10(8-15)14(18)19-12/h3-7,18H,2H2,1H3. The Labute approximate surface area is 120 Å². The fourth-order valence-electron chi connectivity index (χ4n) is 1.74. The zero-order valence-corrected chi connectivity index (χ0v) is 11.9. The predicted octanol–water partition coefficient (Wildman–Crippen LogP) is 3.75. The Hall–Kier alpha value is -1.77. The van der Waals surface area contributed by atoms with Gasteiger partial charge in [0.25, 0.3) is 0 Å². The van der Waals surface area contributed by atoms with Crippen LogP contribution in [0.4, 0.5) is 0 Å². The molecule has 0 radical (unpaired) electrons. The van der Waals surface area contributed by atoms with Crippen LogP contribution in [0.15, 0.2) is 34.5 Å². The van der Waals surface area contributed by atoms with Gasteiger partial charge in [0, 0.05) is 5.56 Å². The van der Waals surface area contributed by atoms with Crippen molar-refractivity contribution >= 4 is 29.9 Å². The summed E-state index contributed by atoms with van der Waals surface area (Å²) in [7, 11) is 0. The number of rotatable bonds is 3. The Balaban J connectivity index is 2.63. The van der Waals surface area contributed by atoms with Crippen LogP contribution in [0.5, 0.6) is 0 Å². The fourth-order valence-corrected chi connectivity index (χ4v) is 3.09. The monoisotopic (exact) mass is 289 g/mol. The van der Waals surface area contributed by atoms with Crippen molar-refractivity contribution in [3.63, 3.8) is 0 Å². The highest BCUT2D eigenvalue weighted by atomic mass is 32.2. The van der Waals surface area contributed by atoms with Crippen LogP contribution < -0.4 is 0 Å². The molecule has 0 atom stereocenters. The molecular formula is C14H11NO2S2. The van der Waals surface area contributed by atoms with E-state index in [1.807, 2.05) is 30.3 Å². The van der Waals surface area contributed by atoms with E-state index >= 15 is 0 Å². The first-order valence-corrected chi connectivity index (χ1v) is 6.93. The number of nitrogens with zero attached hydrogens (tertiary/aromatic N) is 1. The maximum Gasteiger partial charge on any atom is 0.349 e. The highest BCUT2D eigenvalue weighted by molar-refractivity contribution is 7.83. The van der Waals surface area contributed by atoms with E-state index in [2.05, 4.69) is 18.7 Å². The summed E-state index contributed by atoms with van der Waals surface area (Å²) in [6.45, 7) is 2.05. The summed E-state index contributed by atoms with van der Waals surface area (Å²) in [4.78, 5) is 12.4. The second-order valence-corrected chi connectivity index (χ2v) is 5.46. The van der Waals surface area contributed by atoms with Crippen molar-refractivity contribution in [2.75, 3.05) is 6.61 Å². The number of thiophene rings is 1. The lowest BCUT2D eigenvalue weighted by atomic mass is 10.0. The first-order valence-electron chi connectivity index (χ1n) is 5.67. The number of carbonyl (C=O) groups is 1. The molecule has 2 aromatic rings. The molecule has 1 aromatic heterocycles. The van der Waals surface area contributed by atoms with E-state index in [9.17, 15) is 10.1 Å². The van der Waals surface area contributed by atoms with Gasteiger partial charge in [-0.1, -0.05) is 30.3 Å². The van der Waals surface area contributed by atoms with E-state index in [0.717, 1.165) is 5.56 Å². The van der Waals surface area contributed by atoms with Crippen LogP contribution in [0.1, 0.15) is 22.2 Å². The van der Waals surface area contributed by atoms with Gasteiger partial charge in [-0.2, -0.15) is 5.26 Å². The van der Waals surface area contributed by atoms with Gasteiger partial charge in [-0.05, 0) is 12.5 Å². The van der Waals surface area contributed by atoms with E-state index < -0.39 is 5.97 Å². The van der Waals surface area contributed by atoms with Crippen molar-refractivity contribution in [1.82, 2.24) is 0 Å². The lowest BCUT2D eigenvalue weighted by molar-refractivity contribution is 0.0533. The molecule has 0 bridgehead atoms. The van der Waals surface area contributed by atoms with Gasteiger partial charge in [0.05, 0.1) is 16.4 Å². The van der Waals surface area contributed by atoms with Gasteiger partial charge in [-0.25, -0.2) is 4.79 Å². The smallest absolute Gasteiger partial charge is 0.349 e. The normalized spacial score (nSPS) is 9.95. The van der Waals surface area contributed by atoms with Crippen LogP contribution >= 0.6 is 24.0 Å². The molecule has 0 fully saturated rings. The number of ether oxygens (including phenoxy) is 1. The molecule has 1 aromatic carbocycles. The average Bonchev–Trinajstić information content (AvgIpc) is 2.77. The van der Waals surface area contributed by atoms with Crippen LogP contribution in [0.25, 0.3) is 11.1 Å². The number of nitriles is 1. The van der Waals surface area contributed by atoms with Gasteiger partial charge in [-0.15, -0.1) is 24.0 Å². The summed E-state index contributed by atoms with van der Waals surface area (Å²) in [6.07, 6.45) is 0. The van der Waals surface area contributed by atoms with Crippen molar-refractivity contribution in [2.45, 2.75) is 11.1 Å². The summed E-state index contributed by atoms with van der Waals surface area (Å²) >= 11 is 5.45. The second-order valence-electron chi connectivity index (χ2n) is 3.68. The third kappa shape index (κ3) is 2.65. The largest absolute Gasteiger partial charge is 0.462 e. The highest BCUT2D eigenvalue weighted by Gasteiger charge is 2.23. The fraction of sp³-hybridized carbons (Fsp3) is 0.143. The molecule has 0 spiro atoms. The minimum atomic E-state index is -0.414. The van der Waals surface area contributed by atoms with Gasteiger partial charge < -0.3 is 4.74 Å². The molecule has 0 aliphatic rings. The molecule has 96 valence electrons. The summed E-state index contributed by atoms with van der Waals surface area (Å²) in [5.74, 6) is -0.414. The van der Waals surface area contributed by atoms with E-state index in [-0.39, 0.29) is 0 Å². The molecule has 3 nitrogen and oxygen atoms in total. The third-order valence-electron chi connectivity index (χ3n) is 2.52. The predicted molar refractivity (Wildman–Crippen MR) is 77.7 cm³/mol. The van der Waals surface area contributed by atoms with Crippen molar-refractivity contribution in [1.29, 1.82) is 5.26 Å². The van der Waals surface area contributed by atoms with Crippen LogP contribution in [0.3, 0.4) is 0 Å². The summed E-state index contributed by atoms with van der Waals surface area (Å²) in [6, 6.07) is 11.4. The maximum absolute atomic E-state index is 12.0. The Kier molecular flexibility index (Phi) is 4.25. The number of esters is 1. The molecule has 5 heteroatoms. The zero-order valence-electron chi connectivity index (χ0n) is 10.2. The first-order chi connectivity index (χ1) is 9.19. The molecule has 19 heavy (non-hydrogen) atoms. The SMILES string of the molecule is CCOC(=O)c1sc(S)c(C#N)c1-c1ccccc1. The van der Waals surface area contributed by atoms with Crippen LogP contribution in [-0.4, -0.2) is 12.6 Å². The quantitative estimate of drug-likeness (QED) is 0.691. The van der Waals surface area contributed by atoms with Gasteiger partial charge >= 0.3 is 5.97 Å². The Morgan fingerprint density at radius 3 is 2.68 bits per heavy atom. The molecule has 0 unspecified atom stereocenters. The Morgan fingerprint density at radius 2 is 2.11 bits per heavy atom. The van der Waals surface area contributed by atoms with Crippen molar-refractivity contribution in [2.24, 2.45) is 0 Å². The van der Waals surface area contributed by atoms with Gasteiger partial charge in [-0.3, -0.25) is 0 Å². The second kappa shape index (κ2) is 5.91. The van der Waals surface area contributed by atoms with E-state index in [1.54, 1.807) is 6.92 Å². The minimum absolute atomic E-state index is 0.300. The lowest BCUT2D eigenvalue weighted by Crippen LogP contribution is -2.04. The molecule has 1 heterocycles. The summed E-state index contributed by atoms with van der Waals surface area (Å²) in [5.41, 5.74) is 1.85. The van der Waals surface area contributed by atoms with Crippen LogP contribution in [-0.2, 0) is 4.74 Å². The average molecular weight is 289 g/mol. The Morgan fingerprint density at radius 1 is 1.42 bits per heavy atom. The van der Waals surface area contributed by atoms with Gasteiger partial charge in [0.2, 0.25) is 0 Å². The zero-order chi connectivity index (χ0) is 13.8. The molecular weight excluding hydrogens is 278 g/mol. The van der Waals surface area contributed by atoms with E-state index in [0.29, 0.717) is 26.8 Å². The molecule has 0 N–H and O–H groups in total. The van der Waals surface area contributed by atoms with Gasteiger partial charge in [0.1, 0.15) is 10.9 Å². The van der Waals surface area contributed by atoms with Crippen LogP contribution in [0, 0.1) is 11.3 Å². The van der Waals surface area contributed by atoms with Crippen molar-refractivity contribution in [3.8, 4) is 17.2 Å². The molecule has 0 saturated carbocycles. The molecule has 2 rings (SSSR count). The molecule has 0 aliphatic carbocycles. The van der Waals surface area contributed by atoms with Gasteiger partial charge in [0.15, 0.2) is 0 Å². The van der Waals surface area contributed by atoms with E-state index in [1.165, 1.54) is 11.3 Å². The van der Waals surface area contributed by atoms with Crippen molar-refractivity contribution in [3.05, 3.63) is 40.8 Å². The highest BCUT2D eigenvalue weighted by Crippen LogP contribution is 2.38. The summed E-state index contributed by atoms with van der Waals surface area (Å²) < 4.78 is 5.56. The number of benzene rings is 1. The molecule has 0 saturated heterocycles.